The Labute approximate surface area is 148 Å². The normalized spacial score (nSPS) is 22.4. The van der Waals surface area contributed by atoms with Crippen molar-refractivity contribution in [2.75, 3.05) is 6.61 Å². The van der Waals surface area contributed by atoms with Crippen LogP contribution in [-0.4, -0.2) is 23.3 Å². The molecule has 0 saturated carbocycles. The van der Waals surface area contributed by atoms with Crippen LogP contribution in [0.15, 0.2) is 47.1 Å². The van der Waals surface area contributed by atoms with Gasteiger partial charge in [-0.15, -0.1) is 0 Å². The molecule has 1 aromatic heterocycles. The molecule has 2 heterocycles. The zero-order valence-corrected chi connectivity index (χ0v) is 15.2. The van der Waals surface area contributed by atoms with E-state index in [2.05, 4.69) is 10.3 Å². The zero-order valence-electron chi connectivity index (χ0n) is 15.2. The first-order valence-corrected chi connectivity index (χ1v) is 8.69. The molecule has 3 rings (SSSR count). The van der Waals surface area contributed by atoms with Crippen LogP contribution >= 0.6 is 0 Å². The number of ketones is 1. The standard InChI is InChI=1S/C20H24N2O3/c1-5-25-19(24)15-12(2)22-14-8-9-20(3,4)18(23)17(14)16(15)13-7-6-10-21-11-13/h6-7,10-11,16,22H,5,8-9H2,1-4H3. The molecule has 0 saturated heterocycles. The number of aromatic nitrogens is 1. The Morgan fingerprint density at radius 2 is 2.20 bits per heavy atom. The van der Waals surface area contributed by atoms with Gasteiger partial charge in [0.1, 0.15) is 0 Å². The van der Waals surface area contributed by atoms with Gasteiger partial charge in [-0.3, -0.25) is 9.78 Å². The molecule has 0 spiro atoms. The van der Waals surface area contributed by atoms with Crippen LogP contribution < -0.4 is 5.32 Å². The predicted octanol–water partition coefficient (Wildman–Crippen LogP) is 3.25. The second-order valence-corrected chi connectivity index (χ2v) is 7.21. The Morgan fingerprint density at radius 3 is 2.84 bits per heavy atom. The molecular weight excluding hydrogens is 316 g/mol. The summed E-state index contributed by atoms with van der Waals surface area (Å²) in [7, 11) is 0. The molecule has 5 nitrogen and oxygen atoms in total. The Kier molecular flexibility index (Phi) is 4.50. The highest BCUT2D eigenvalue weighted by molar-refractivity contribution is 6.06. The van der Waals surface area contributed by atoms with Gasteiger partial charge in [-0.2, -0.15) is 0 Å². The number of hydrogen-bond acceptors (Lipinski definition) is 5. The van der Waals surface area contributed by atoms with Gasteiger partial charge in [0.15, 0.2) is 5.78 Å². The maximum Gasteiger partial charge on any atom is 0.336 e. The molecule has 0 amide bonds. The molecule has 1 unspecified atom stereocenters. The summed E-state index contributed by atoms with van der Waals surface area (Å²) in [5, 5.41) is 3.29. The van der Waals surface area contributed by atoms with Crippen molar-refractivity contribution in [2.24, 2.45) is 5.41 Å². The largest absolute Gasteiger partial charge is 0.463 e. The number of allylic oxidation sites excluding steroid dienone is 3. The van der Waals surface area contributed by atoms with Crippen molar-refractivity contribution >= 4 is 11.8 Å². The summed E-state index contributed by atoms with van der Waals surface area (Å²) in [6.45, 7) is 7.87. The van der Waals surface area contributed by atoms with Gasteiger partial charge in [-0.1, -0.05) is 19.9 Å². The summed E-state index contributed by atoms with van der Waals surface area (Å²) in [4.78, 5) is 30.1. The van der Waals surface area contributed by atoms with Gasteiger partial charge in [0.2, 0.25) is 0 Å². The van der Waals surface area contributed by atoms with Crippen molar-refractivity contribution in [3.8, 4) is 0 Å². The molecule has 1 aromatic rings. The Balaban J connectivity index is 2.18. The molecule has 1 aliphatic carbocycles. The average molecular weight is 340 g/mol. The van der Waals surface area contributed by atoms with E-state index in [0.29, 0.717) is 17.8 Å². The maximum atomic E-state index is 13.2. The second-order valence-electron chi connectivity index (χ2n) is 7.21. The predicted molar refractivity (Wildman–Crippen MR) is 94.5 cm³/mol. The minimum absolute atomic E-state index is 0.0874. The van der Waals surface area contributed by atoms with Gasteiger partial charge in [0.25, 0.3) is 0 Å². The smallest absolute Gasteiger partial charge is 0.336 e. The van der Waals surface area contributed by atoms with E-state index in [0.717, 1.165) is 29.8 Å². The van der Waals surface area contributed by atoms with Crippen LogP contribution in [0.25, 0.3) is 0 Å². The minimum atomic E-state index is -0.439. The van der Waals surface area contributed by atoms with Gasteiger partial charge in [-0.05, 0) is 38.3 Å². The Morgan fingerprint density at radius 1 is 1.44 bits per heavy atom. The van der Waals surface area contributed by atoms with Crippen LogP contribution in [0.2, 0.25) is 0 Å². The Bertz CT molecular complexity index is 775. The second kappa shape index (κ2) is 6.47. The fourth-order valence-electron chi connectivity index (χ4n) is 3.64. The van der Waals surface area contributed by atoms with Gasteiger partial charge >= 0.3 is 5.97 Å². The average Bonchev–Trinajstić information content (AvgIpc) is 2.58. The van der Waals surface area contributed by atoms with Crippen LogP contribution in [0.1, 0.15) is 52.0 Å². The third-order valence-corrected chi connectivity index (χ3v) is 5.02. The fourth-order valence-corrected chi connectivity index (χ4v) is 3.64. The van der Waals surface area contributed by atoms with Crippen molar-refractivity contribution in [1.29, 1.82) is 0 Å². The number of esters is 1. The molecule has 2 aliphatic rings. The highest BCUT2D eigenvalue weighted by Gasteiger charge is 2.45. The van der Waals surface area contributed by atoms with Crippen LogP contribution in [0.4, 0.5) is 0 Å². The number of carbonyl (C=O) groups is 2. The third kappa shape index (κ3) is 2.99. The SMILES string of the molecule is CCOC(=O)C1=C(C)NC2=C(C(=O)C(C)(C)CC2)C1c1cccnc1. The van der Waals surface area contributed by atoms with Crippen molar-refractivity contribution in [3.05, 3.63) is 52.6 Å². The summed E-state index contributed by atoms with van der Waals surface area (Å²) in [5.41, 5.74) is 3.25. The third-order valence-electron chi connectivity index (χ3n) is 5.02. The van der Waals surface area contributed by atoms with Gasteiger partial charge < -0.3 is 10.1 Å². The lowest BCUT2D eigenvalue weighted by molar-refractivity contribution is -0.138. The van der Waals surface area contributed by atoms with Crippen LogP contribution in [0, 0.1) is 5.41 Å². The molecule has 0 radical (unpaired) electrons. The van der Waals surface area contributed by atoms with Crippen LogP contribution in [0.3, 0.4) is 0 Å². The number of Topliss-reactive ketones (excluding diaryl/α,β-unsaturated/α-hetero) is 1. The molecule has 1 aliphatic heterocycles. The highest BCUT2D eigenvalue weighted by Crippen LogP contribution is 2.46. The number of hydrogen-bond donors (Lipinski definition) is 1. The van der Waals surface area contributed by atoms with Crippen LogP contribution in [-0.2, 0) is 14.3 Å². The molecule has 1 N–H and O–H groups in total. The van der Waals surface area contributed by atoms with Crippen LogP contribution in [0.5, 0.6) is 0 Å². The number of ether oxygens (including phenoxy) is 1. The van der Waals surface area contributed by atoms with E-state index >= 15 is 0 Å². The fraction of sp³-hybridized carbons (Fsp3) is 0.450. The number of pyridine rings is 1. The summed E-state index contributed by atoms with van der Waals surface area (Å²) >= 11 is 0. The summed E-state index contributed by atoms with van der Waals surface area (Å²) in [5.74, 6) is -0.732. The molecule has 5 heteroatoms. The van der Waals surface area contributed by atoms with E-state index in [1.165, 1.54) is 0 Å². The zero-order chi connectivity index (χ0) is 18.2. The first-order chi connectivity index (χ1) is 11.9. The molecule has 132 valence electrons. The van der Waals surface area contributed by atoms with Crippen molar-refractivity contribution in [3.63, 3.8) is 0 Å². The number of carbonyl (C=O) groups excluding carboxylic acids is 2. The van der Waals surface area contributed by atoms with E-state index in [1.54, 1.807) is 19.3 Å². The minimum Gasteiger partial charge on any atom is -0.463 e. The van der Waals surface area contributed by atoms with Crippen molar-refractivity contribution in [2.45, 2.75) is 46.5 Å². The van der Waals surface area contributed by atoms with E-state index in [-0.39, 0.29) is 11.8 Å². The Hall–Kier alpha value is -2.43. The first kappa shape index (κ1) is 17.4. The quantitative estimate of drug-likeness (QED) is 0.856. The molecular formula is C20H24N2O3. The number of dihydropyridines is 1. The monoisotopic (exact) mass is 340 g/mol. The van der Waals surface area contributed by atoms with Gasteiger partial charge in [0, 0.05) is 40.7 Å². The number of rotatable bonds is 3. The molecule has 0 aromatic carbocycles. The first-order valence-electron chi connectivity index (χ1n) is 8.69. The maximum absolute atomic E-state index is 13.2. The summed E-state index contributed by atoms with van der Waals surface area (Å²) in [6.07, 6.45) is 4.99. The van der Waals surface area contributed by atoms with E-state index in [9.17, 15) is 9.59 Å². The van der Waals surface area contributed by atoms with E-state index < -0.39 is 11.3 Å². The van der Waals surface area contributed by atoms with Gasteiger partial charge in [-0.25, -0.2) is 4.79 Å². The number of nitrogens with one attached hydrogen (secondary N) is 1. The lowest BCUT2D eigenvalue weighted by atomic mass is 9.67. The van der Waals surface area contributed by atoms with Crippen molar-refractivity contribution < 1.29 is 14.3 Å². The van der Waals surface area contributed by atoms with Crippen molar-refractivity contribution in [1.82, 2.24) is 10.3 Å². The molecule has 1 atom stereocenters. The molecule has 25 heavy (non-hydrogen) atoms. The summed E-state index contributed by atoms with van der Waals surface area (Å²) in [6, 6.07) is 3.74. The lowest BCUT2D eigenvalue weighted by Gasteiger charge is -2.39. The number of nitrogens with zero attached hydrogens (tertiary/aromatic N) is 1. The highest BCUT2D eigenvalue weighted by atomic mass is 16.5. The lowest BCUT2D eigenvalue weighted by Crippen LogP contribution is -2.40. The summed E-state index contributed by atoms with van der Waals surface area (Å²) < 4.78 is 5.28. The van der Waals surface area contributed by atoms with Gasteiger partial charge in [0.05, 0.1) is 12.2 Å². The van der Waals surface area contributed by atoms with E-state index in [4.69, 9.17) is 4.74 Å². The van der Waals surface area contributed by atoms with E-state index in [1.807, 2.05) is 32.9 Å². The molecule has 0 fully saturated rings. The molecule has 0 bridgehead atoms. The topological polar surface area (TPSA) is 68.3 Å².